The van der Waals surface area contributed by atoms with Gasteiger partial charge in [0.2, 0.25) is 0 Å². The third-order valence-electron chi connectivity index (χ3n) is 4.71. The van der Waals surface area contributed by atoms with E-state index in [1.165, 1.54) is 22.3 Å². The molecule has 0 N–H and O–H groups in total. The van der Waals surface area contributed by atoms with Crippen LogP contribution in [0.2, 0.25) is 0 Å². The zero-order valence-corrected chi connectivity index (χ0v) is 13.4. The highest BCUT2D eigenvalue weighted by Crippen LogP contribution is 2.48. The van der Waals surface area contributed by atoms with Crippen LogP contribution in [0.15, 0.2) is 72.8 Å². The topological polar surface area (TPSA) is 0 Å². The standard InChI is InChI=1S/C23H18/c1-23(2)21-11-7-6-10-19(21)20-15-14-18(16-22(20)23)13-12-17-8-4-3-5-9-17/h3-11,14-16H,1-2H3. The van der Waals surface area contributed by atoms with E-state index in [9.17, 15) is 0 Å². The van der Waals surface area contributed by atoms with Gasteiger partial charge in [-0.25, -0.2) is 0 Å². The van der Waals surface area contributed by atoms with Gasteiger partial charge >= 0.3 is 0 Å². The molecule has 0 amide bonds. The average molecular weight is 294 g/mol. The fourth-order valence-electron chi connectivity index (χ4n) is 3.45. The van der Waals surface area contributed by atoms with Gasteiger partial charge in [0.05, 0.1) is 0 Å². The molecule has 4 rings (SSSR count). The Kier molecular flexibility index (Phi) is 3.10. The zero-order chi connectivity index (χ0) is 15.9. The van der Waals surface area contributed by atoms with Crippen LogP contribution in [0.3, 0.4) is 0 Å². The Morgan fingerprint density at radius 3 is 2.09 bits per heavy atom. The lowest BCUT2D eigenvalue weighted by Gasteiger charge is -2.21. The molecule has 1 aliphatic rings. The number of rotatable bonds is 0. The van der Waals surface area contributed by atoms with Crippen LogP contribution >= 0.6 is 0 Å². The highest BCUT2D eigenvalue weighted by Gasteiger charge is 2.34. The molecule has 0 aliphatic heterocycles. The minimum absolute atomic E-state index is 0.0381. The van der Waals surface area contributed by atoms with Crippen molar-refractivity contribution in [2.75, 3.05) is 0 Å². The maximum atomic E-state index is 3.31. The second-order valence-electron chi connectivity index (χ2n) is 6.55. The monoisotopic (exact) mass is 294 g/mol. The van der Waals surface area contributed by atoms with Crippen molar-refractivity contribution >= 4 is 0 Å². The molecule has 0 unspecified atom stereocenters. The van der Waals surface area contributed by atoms with Crippen LogP contribution in [-0.2, 0) is 5.41 Å². The van der Waals surface area contributed by atoms with Crippen molar-refractivity contribution in [3.05, 3.63) is 95.1 Å². The van der Waals surface area contributed by atoms with E-state index in [0.717, 1.165) is 11.1 Å². The van der Waals surface area contributed by atoms with Gasteiger partial charge in [-0.05, 0) is 46.5 Å². The predicted octanol–water partition coefficient (Wildman–Crippen LogP) is 5.39. The molecule has 3 aromatic rings. The molecule has 0 saturated carbocycles. The fourth-order valence-corrected chi connectivity index (χ4v) is 3.45. The molecule has 0 spiro atoms. The Hall–Kier alpha value is -2.78. The van der Waals surface area contributed by atoms with E-state index in [0.29, 0.717) is 0 Å². The van der Waals surface area contributed by atoms with Gasteiger partial charge in [0.15, 0.2) is 0 Å². The van der Waals surface area contributed by atoms with Gasteiger partial charge in [0.25, 0.3) is 0 Å². The molecular formula is C23H18. The normalized spacial score (nSPS) is 13.7. The van der Waals surface area contributed by atoms with E-state index in [2.05, 4.69) is 68.2 Å². The zero-order valence-electron chi connectivity index (χ0n) is 13.4. The molecule has 0 heterocycles. The molecule has 0 nitrogen and oxygen atoms in total. The molecule has 23 heavy (non-hydrogen) atoms. The van der Waals surface area contributed by atoms with Gasteiger partial charge in [-0.1, -0.05) is 74.2 Å². The molecule has 110 valence electrons. The largest absolute Gasteiger partial charge is 0.0622 e. The minimum atomic E-state index is 0.0381. The second-order valence-corrected chi connectivity index (χ2v) is 6.55. The van der Waals surface area contributed by atoms with Gasteiger partial charge in [-0.2, -0.15) is 0 Å². The highest BCUT2D eigenvalue weighted by molar-refractivity contribution is 5.81. The molecule has 0 fully saturated rings. The van der Waals surface area contributed by atoms with Crippen LogP contribution in [-0.4, -0.2) is 0 Å². The summed E-state index contributed by atoms with van der Waals surface area (Å²) in [7, 11) is 0. The molecule has 3 aromatic carbocycles. The Bertz CT molecular complexity index is 935. The second kappa shape index (κ2) is 5.14. The minimum Gasteiger partial charge on any atom is -0.0622 e. The van der Waals surface area contributed by atoms with Crippen LogP contribution < -0.4 is 0 Å². The van der Waals surface area contributed by atoms with E-state index in [4.69, 9.17) is 0 Å². The summed E-state index contributed by atoms with van der Waals surface area (Å²) in [6.45, 7) is 4.60. The van der Waals surface area contributed by atoms with Crippen LogP contribution in [0.4, 0.5) is 0 Å². The van der Waals surface area contributed by atoms with Crippen molar-refractivity contribution in [1.82, 2.24) is 0 Å². The van der Waals surface area contributed by atoms with Crippen LogP contribution in [0, 0.1) is 11.8 Å². The lowest BCUT2D eigenvalue weighted by Crippen LogP contribution is -2.14. The average Bonchev–Trinajstić information content (AvgIpc) is 2.82. The number of benzene rings is 3. The summed E-state index contributed by atoms with van der Waals surface area (Å²) in [5, 5.41) is 0. The van der Waals surface area contributed by atoms with Crippen LogP contribution in [0.1, 0.15) is 36.1 Å². The highest BCUT2D eigenvalue weighted by atomic mass is 14.4. The van der Waals surface area contributed by atoms with Gasteiger partial charge < -0.3 is 0 Å². The predicted molar refractivity (Wildman–Crippen MR) is 96.4 cm³/mol. The summed E-state index contributed by atoms with van der Waals surface area (Å²) in [5.74, 6) is 6.56. The molecule has 0 atom stereocenters. The summed E-state index contributed by atoms with van der Waals surface area (Å²) >= 11 is 0. The van der Waals surface area contributed by atoms with Crippen molar-refractivity contribution in [1.29, 1.82) is 0 Å². The quantitative estimate of drug-likeness (QED) is 0.487. The van der Waals surface area contributed by atoms with Crippen molar-refractivity contribution in [2.24, 2.45) is 0 Å². The van der Waals surface area contributed by atoms with E-state index in [1.54, 1.807) is 0 Å². The summed E-state index contributed by atoms with van der Waals surface area (Å²) < 4.78 is 0. The molecule has 0 bridgehead atoms. The maximum Gasteiger partial charge on any atom is 0.0252 e. The Morgan fingerprint density at radius 2 is 1.26 bits per heavy atom. The third kappa shape index (κ3) is 2.26. The Morgan fingerprint density at radius 1 is 0.609 bits per heavy atom. The summed E-state index contributed by atoms with van der Waals surface area (Å²) in [6, 6.07) is 25.5. The lowest BCUT2D eigenvalue weighted by molar-refractivity contribution is 0.660. The summed E-state index contributed by atoms with van der Waals surface area (Å²) in [5.41, 5.74) is 7.65. The van der Waals surface area contributed by atoms with E-state index < -0.39 is 0 Å². The van der Waals surface area contributed by atoms with E-state index in [1.807, 2.05) is 30.3 Å². The summed E-state index contributed by atoms with van der Waals surface area (Å²) in [4.78, 5) is 0. The number of hydrogen-bond donors (Lipinski definition) is 0. The lowest BCUT2D eigenvalue weighted by atomic mass is 9.82. The first-order valence-corrected chi connectivity index (χ1v) is 7.98. The molecule has 0 saturated heterocycles. The number of hydrogen-bond acceptors (Lipinski definition) is 0. The molecule has 0 aromatic heterocycles. The first-order valence-electron chi connectivity index (χ1n) is 7.98. The Labute approximate surface area is 137 Å². The van der Waals surface area contributed by atoms with Gasteiger partial charge in [0.1, 0.15) is 0 Å². The molecular weight excluding hydrogens is 276 g/mol. The SMILES string of the molecule is CC1(C)c2ccccc2-c2ccc(C#Cc3ccccc3)cc21. The van der Waals surface area contributed by atoms with Crippen LogP contribution in [0.5, 0.6) is 0 Å². The summed E-state index contributed by atoms with van der Waals surface area (Å²) in [6.07, 6.45) is 0. The van der Waals surface area contributed by atoms with Crippen LogP contribution in [0.25, 0.3) is 11.1 Å². The molecule has 0 heteroatoms. The van der Waals surface area contributed by atoms with Crippen molar-refractivity contribution < 1.29 is 0 Å². The smallest absolute Gasteiger partial charge is 0.0252 e. The third-order valence-corrected chi connectivity index (χ3v) is 4.71. The fraction of sp³-hybridized carbons (Fsp3) is 0.130. The van der Waals surface area contributed by atoms with E-state index in [-0.39, 0.29) is 5.41 Å². The number of fused-ring (bicyclic) bond motifs is 3. The first kappa shape index (κ1) is 13.9. The van der Waals surface area contributed by atoms with E-state index >= 15 is 0 Å². The van der Waals surface area contributed by atoms with Gasteiger partial charge in [-0.3, -0.25) is 0 Å². The molecule has 0 radical (unpaired) electrons. The van der Waals surface area contributed by atoms with Crippen molar-refractivity contribution in [2.45, 2.75) is 19.3 Å². The van der Waals surface area contributed by atoms with Crippen molar-refractivity contribution in [3.8, 4) is 23.0 Å². The van der Waals surface area contributed by atoms with Gasteiger partial charge in [0, 0.05) is 16.5 Å². The Balaban J connectivity index is 1.79. The van der Waals surface area contributed by atoms with Gasteiger partial charge in [-0.15, -0.1) is 0 Å². The van der Waals surface area contributed by atoms with Crippen molar-refractivity contribution in [3.63, 3.8) is 0 Å². The molecule has 1 aliphatic carbocycles. The first-order chi connectivity index (χ1) is 11.2. The maximum absolute atomic E-state index is 3.31.